The quantitative estimate of drug-likeness (QED) is 0.897. The van der Waals surface area contributed by atoms with Crippen molar-refractivity contribution < 1.29 is 17.5 Å². The highest BCUT2D eigenvalue weighted by Crippen LogP contribution is 2.27. The zero-order valence-corrected chi connectivity index (χ0v) is 11.9. The van der Waals surface area contributed by atoms with Crippen molar-refractivity contribution in [1.29, 1.82) is 0 Å². The lowest BCUT2D eigenvalue weighted by molar-refractivity contribution is -0.0924. The molecule has 1 aliphatic heterocycles. The number of benzene rings is 1. The molecule has 4 nitrogen and oxygen atoms in total. The normalized spacial score (nSPS) is 17.8. The Kier molecular flexibility index (Phi) is 3.82. The number of hydrogen-bond donors (Lipinski definition) is 1. The van der Waals surface area contributed by atoms with Crippen LogP contribution >= 0.6 is 0 Å². The first-order valence-electron chi connectivity index (χ1n) is 6.05. The van der Waals surface area contributed by atoms with Gasteiger partial charge < -0.3 is 10.1 Å². The standard InChI is InChI=1S/C13H18FNO3S/c1-13(8-18-9-13)7-15-11-4-3-10(12(14)5-11)6-19(2,16)17/h3-5,15H,6-9H2,1-2H3. The molecule has 0 aliphatic carbocycles. The van der Waals surface area contributed by atoms with Crippen LogP contribution in [0.4, 0.5) is 10.1 Å². The van der Waals surface area contributed by atoms with Crippen LogP contribution in [0, 0.1) is 11.2 Å². The second kappa shape index (κ2) is 5.09. The molecule has 6 heteroatoms. The van der Waals surface area contributed by atoms with Gasteiger partial charge in [0.15, 0.2) is 9.84 Å². The monoisotopic (exact) mass is 287 g/mol. The van der Waals surface area contributed by atoms with Crippen molar-refractivity contribution >= 4 is 15.5 Å². The van der Waals surface area contributed by atoms with Gasteiger partial charge in [0.25, 0.3) is 0 Å². The number of halogens is 1. The minimum absolute atomic E-state index is 0.0991. The molecule has 2 rings (SSSR count). The van der Waals surface area contributed by atoms with E-state index < -0.39 is 15.7 Å². The molecule has 0 unspecified atom stereocenters. The van der Waals surface area contributed by atoms with Gasteiger partial charge >= 0.3 is 0 Å². The average Bonchev–Trinajstić information content (AvgIpc) is 2.25. The summed E-state index contributed by atoms with van der Waals surface area (Å²) in [6, 6.07) is 4.55. The smallest absolute Gasteiger partial charge is 0.151 e. The predicted molar refractivity (Wildman–Crippen MR) is 72.4 cm³/mol. The van der Waals surface area contributed by atoms with Gasteiger partial charge in [0.1, 0.15) is 5.82 Å². The first-order chi connectivity index (χ1) is 8.77. The lowest BCUT2D eigenvalue weighted by Gasteiger charge is -2.38. The van der Waals surface area contributed by atoms with Crippen LogP contribution in [0.5, 0.6) is 0 Å². The average molecular weight is 287 g/mol. The second-order valence-electron chi connectivity index (χ2n) is 5.53. The molecular weight excluding hydrogens is 269 g/mol. The van der Waals surface area contributed by atoms with Gasteiger partial charge in [-0.1, -0.05) is 13.0 Å². The Morgan fingerprint density at radius 1 is 1.42 bits per heavy atom. The summed E-state index contributed by atoms with van der Waals surface area (Å²) in [5, 5.41) is 3.15. The van der Waals surface area contributed by atoms with Crippen molar-refractivity contribution in [1.82, 2.24) is 0 Å². The first kappa shape index (κ1) is 14.3. The Morgan fingerprint density at radius 3 is 2.58 bits per heavy atom. The van der Waals surface area contributed by atoms with Crippen LogP contribution < -0.4 is 5.32 Å². The lowest BCUT2D eigenvalue weighted by atomic mass is 9.88. The van der Waals surface area contributed by atoms with Gasteiger partial charge in [-0.2, -0.15) is 0 Å². The van der Waals surface area contributed by atoms with Crippen LogP contribution in [-0.4, -0.2) is 34.4 Å². The summed E-state index contributed by atoms with van der Waals surface area (Å²) in [5.74, 6) is -0.768. The maximum absolute atomic E-state index is 13.8. The Morgan fingerprint density at radius 2 is 2.11 bits per heavy atom. The zero-order chi connectivity index (χ0) is 14.1. The Balaban J connectivity index is 2.02. The van der Waals surface area contributed by atoms with Gasteiger partial charge in [-0.3, -0.25) is 0 Å². The summed E-state index contributed by atoms with van der Waals surface area (Å²) in [6.07, 6.45) is 1.09. The minimum Gasteiger partial charge on any atom is -0.384 e. The van der Waals surface area contributed by atoms with Crippen molar-refractivity contribution in [2.45, 2.75) is 12.7 Å². The number of rotatable bonds is 5. The third-order valence-corrected chi connectivity index (χ3v) is 3.93. The van der Waals surface area contributed by atoms with Crippen LogP contribution in [0.3, 0.4) is 0 Å². The molecule has 0 saturated carbocycles. The molecule has 1 N–H and O–H groups in total. The fraction of sp³-hybridized carbons (Fsp3) is 0.538. The van der Waals surface area contributed by atoms with E-state index >= 15 is 0 Å². The molecule has 0 amide bonds. The van der Waals surface area contributed by atoms with Gasteiger partial charge in [0, 0.05) is 29.5 Å². The minimum atomic E-state index is -3.22. The summed E-state index contributed by atoms with van der Waals surface area (Å²) >= 11 is 0. The molecule has 0 atom stereocenters. The van der Waals surface area contributed by atoms with E-state index in [2.05, 4.69) is 12.2 Å². The van der Waals surface area contributed by atoms with E-state index in [9.17, 15) is 12.8 Å². The molecular formula is C13H18FNO3S. The van der Waals surface area contributed by atoms with Gasteiger partial charge in [-0.15, -0.1) is 0 Å². The molecule has 0 bridgehead atoms. The van der Waals surface area contributed by atoms with Gasteiger partial charge in [-0.25, -0.2) is 12.8 Å². The van der Waals surface area contributed by atoms with Gasteiger partial charge in [-0.05, 0) is 12.1 Å². The third-order valence-electron chi connectivity index (χ3n) is 3.09. The number of ether oxygens (including phenoxy) is 1. The van der Waals surface area contributed by atoms with E-state index in [-0.39, 0.29) is 16.7 Å². The Bertz CT molecular complexity index is 567. The highest BCUT2D eigenvalue weighted by molar-refractivity contribution is 7.89. The Labute approximate surface area is 112 Å². The van der Waals surface area contributed by atoms with E-state index in [0.717, 1.165) is 6.26 Å². The van der Waals surface area contributed by atoms with Crippen LogP contribution in [0.25, 0.3) is 0 Å². The molecule has 1 aromatic carbocycles. The maximum atomic E-state index is 13.8. The molecule has 1 aliphatic rings. The number of hydrogen-bond acceptors (Lipinski definition) is 4. The molecule has 0 aromatic heterocycles. The van der Waals surface area contributed by atoms with Crippen LogP contribution in [0.1, 0.15) is 12.5 Å². The molecule has 19 heavy (non-hydrogen) atoms. The zero-order valence-electron chi connectivity index (χ0n) is 11.1. The number of sulfone groups is 1. The van der Waals surface area contributed by atoms with Crippen molar-refractivity contribution in [3.63, 3.8) is 0 Å². The van der Waals surface area contributed by atoms with E-state index in [0.29, 0.717) is 25.4 Å². The highest BCUT2D eigenvalue weighted by Gasteiger charge is 2.32. The molecule has 1 fully saturated rings. The van der Waals surface area contributed by atoms with Crippen molar-refractivity contribution in [3.8, 4) is 0 Å². The maximum Gasteiger partial charge on any atom is 0.151 e. The summed E-state index contributed by atoms with van der Waals surface area (Å²) in [6.45, 7) is 4.21. The first-order valence-corrected chi connectivity index (χ1v) is 8.11. The Hall–Kier alpha value is -1.14. The molecule has 1 aromatic rings. The highest BCUT2D eigenvalue weighted by atomic mass is 32.2. The van der Waals surface area contributed by atoms with Crippen LogP contribution in [0.2, 0.25) is 0 Å². The summed E-state index contributed by atoms with van der Waals surface area (Å²) in [7, 11) is -3.22. The molecule has 1 heterocycles. The van der Waals surface area contributed by atoms with Gasteiger partial charge in [0.05, 0.1) is 19.0 Å². The SMILES string of the molecule is CC1(CNc2ccc(CS(C)(=O)=O)c(F)c2)COC1. The third kappa shape index (κ3) is 3.91. The predicted octanol–water partition coefficient (Wildman–Crippen LogP) is 1.82. The van der Waals surface area contributed by atoms with Crippen LogP contribution in [0.15, 0.2) is 18.2 Å². The summed E-state index contributed by atoms with van der Waals surface area (Å²) in [5.41, 5.74) is 0.955. The van der Waals surface area contributed by atoms with E-state index in [1.165, 1.54) is 12.1 Å². The van der Waals surface area contributed by atoms with Crippen molar-refractivity contribution in [2.24, 2.45) is 5.41 Å². The molecule has 1 saturated heterocycles. The largest absolute Gasteiger partial charge is 0.384 e. The lowest BCUT2D eigenvalue weighted by Crippen LogP contribution is -2.45. The molecule has 106 valence electrons. The van der Waals surface area contributed by atoms with Crippen LogP contribution in [-0.2, 0) is 20.3 Å². The van der Waals surface area contributed by atoms with Crippen molar-refractivity contribution in [2.75, 3.05) is 31.3 Å². The molecule has 0 spiro atoms. The number of anilines is 1. The topological polar surface area (TPSA) is 55.4 Å². The van der Waals surface area contributed by atoms with E-state index in [1.54, 1.807) is 6.07 Å². The van der Waals surface area contributed by atoms with E-state index in [4.69, 9.17) is 4.74 Å². The van der Waals surface area contributed by atoms with Gasteiger partial charge in [0.2, 0.25) is 0 Å². The fourth-order valence-corrected chi connectivity index (χ4v) is 2.72. The second-order valence-corrected chi connectivity index (χ2v) is 7.67. The van der Waals surface area contributed by atoms with E-state index in [1.807, 2.05) is 0 Å². The number of nitrogens with one attached hydrogen (secondary N) is 1. The van der Waals surface area contributed by atoms with Crippen molar-refractivity contribution in [3.05, 3.63) is 29.6 Å². The fourth-order valence-electron chi connectivity index (χ4n) is 1.92. The molecule has 0 radical (unpaired) electrons. The summed E-state index contributed by atoms with van der Waals surface area (Å²) in [4.78, 5) is 0. The summed E-state index contributed by atoms with van der Waals surface area (Å²) < 4.78 is 41.2.